The summed E-state index contributed by atoms with van der Waals surface area (Å²) in [5.74, 6) is -1.52. The zero-order chi connectivity index (χ0) is 21.7. The molecule has 3 N–H and O–H groups in total. The monoisotopic (exact) mass is 424 g/mol. The Kier molecular flexibility index (Phi) is 6.84. The number of ether oxygens (including phenoxy) is 2. The average molecular weight is 424 g/mol. The lowest BCUT2D eigenvalue weighted by molar-refractivity contribution is -0.274. The smallest absolute Gasteiger partial charge is 0.496 e. The van der Waals surface area contributed by atoms with Crippen molar-refractivity contribution in [2.24, 2.45) is 5.92 Å². The number of carbonyl (C=O) groups is 1. The molecule has 0 radical (unpaired) electrons. The Morgan fingerprint density at radius 3 is 2.60 bits per heavy atom. The fraction of sp³-hybridized carbons (Fsp3) is 0.381. The van der Waals surface area contributed by atoms with Crippen LogP contribution in [0.1, 0.15) is 23.6 Å². The van der Waals surface area contributed by atoms with Crippen molar-refractivity contribution in [1.82, 2.24) is 10.6 Å². The molecule has 1 heterocycles. The molecule has 0 aliphatic carbocycles. The minimum Gasteiger partial charge on any atom is -0.496 e. The second-order valence-electron chi connectivity index (χ2n) is 7.08. The number of carboxylic acids is 1. The Balaban J connectivity index is 1.75. The first kappa shape index (κ1) is 21.9. The zero-order valence-corrected chi connectivity index (χ0v) is 16.3. The summed E-state index contributed by atoms with van der Waals surface area (Å²) in [6.07, 6.45) is -4.37. The molecule has 0 saturated carbocycles. The molecule has 9 heteroatoms. The predicted molar refractivity (Wildman–Crippen MR) is 103 cm³/mol. The van der Waals surface area contributed by atoms with Gasteiger partial charge in [0.25, 0.3) is 0 Å². The molecule has 0 amide bonds. The van der Waals surface area contributed by atoms with E-state index in [9.17, 15) is 23.1 Å². The van der Waals surface area contributed by atoms with E-state index < -0.39 is 18.2 Å². The highest BCUT2D eigenvalue weighted by atomic mass is 19.4. The number of nitrogens with one attached hydrogen (secondary N) is 2. The number of rotatable bonds is 7. The number of methoxy groups -OCH3 is 1. The summed E-state index contributed by atoms with van der Waals surface area (Å²) in [7, 11) is 1.37. The summed E-state index contributed by atoms with van der Waals surface area (Å²) in [5.41, 5.74) is 1.66. The molecule has 0 bridgehead atoms. The van der Waals surface area contributed by atoms with Gasteiger partial charge in [-0.1, -0.05) is 36.4 Å². The summed E-state index contributed by atoms with van der Waals surface area (Å²) in [5, 5.41) is 16.1. The third-order valence-electron chi connectivity index (χ3n) is 5.08. The summed E-state index contributed by atoms with van der Waals surface area (Å²) in [6.45, 7) is 0.650. The van der Waals surface area contributed by atoms with Crippen molar-refractivity contribution in [3.8, 4) is 11.5 Å². The fourth-order valence-electron chi connectivity index (χ4n) is 3.65. The van der Waals surface area contributed by atoms with Gasteiger partial charge in [-0.15, -0.1) is 13.2 Å². The van der Waals surface area contributed by atoms with Crippen LogP contribution in [0.25, 0.3) is 0 Å². The van der Waals surface area contributed by atoms with E-state index in [1.807, 2.05) is 30.3 Å². The third kappa shape index (κ3) is 5.64. The maximum Gasteiger partial charge on any atom is 0.573 e. The SMILES string of the molecule is COc1cc(OC(F)(F)F)ccc1CNC1CC(C(=O)O)CNC1c1ccccc1. The van der Waals surface area contributed by atoms with Crippen LogP contribution >= 0.6 is 0 Å². The van der Waals surface area contributed by atoms with E-state index in [-0.39, 0.29) is 30.1 Å². The molecule has 0 aromatic heterocycles. The van der Waals surface area contributed by atoms with Crippen molar-refractivity contribution >= 4 is 5.97 Å². The van der Waals surface area contributed by atoms with Crippen LogP contribution in [0.3, 0.4) is 0 Å². The minimum absolute atomic E-state index is 0.0966. The molecule has 3 atom stereocenters. The van der Waals surface area contributed by atoms with Gasteiger partial charge in [-0.2, -0.15) is 0 Å². The summed E-state index contributed by atoms with van der Waals surface area (Å²) >= 11 is 0. The Morgan fingerprint density at radius 2 is 1.97 bits per heavy atom. The molecule has 3 unspecified atom stereocenters. The van der Waals surface area contributed by atoms with Crippen LogP contribution < -0.4 is 20.1 Å². The molecule has 1 aliphatic rings. The van der Waals surface area contributed by atoms with Crippen LogP contribution in [-0.4, -0.2) is 37.1 Å². The molecule has 2 aromatic rings. The molecule has 1 saturated heterocycles. The number of halogens is 3. The molecular formula is C21H23F3N2O4. The van der Waals surface area contributed by atoms with Crippen LogP contribution in [-0.2, 0) is 11.3 Å². The van der Waals surface area contributed by atoms with E-state index in [0.717, 1.165) is 5.56 Å². The van der Waals surface area contributed by atoms with Crippen molar-refractivity contribution in [2.75, 3.05) is 13.7 Å². The van der Waals surface area contributed by atoms with E-state index in [4.69, 9.17) is 4.74 Å². The van der Waals surface area contributed by atoms with Gasteiger partial charge in [0.15, 0.2) is 0 Å². The van der Waals surface area contributed by atoms with Crippen molar-refractivity contribution in [2.45, 2.75) is 31.4 Å². The highest BCUT2D eigenvalue weighted by molar-refractivity contribution is 5.70. The van der Waals surface area contributed by atoms with E-state index in [1.165, 1.54) is 25.3 Å². The Morgan fingerprint density at radius 1 is 1.23 bits per heavy atom. The van der Waals surface area contributed by atoms with Crippen LogP contribution in [0.15, 0.2) is 48.5 Å². The van der Waals surface area contributed by atoms with Gasteiger partial charge in [-0.3, -0.25) is 4.79 Å². The van der Waals surface area contributed by atoms with Gasteiger partial charge in [-0.05, 0) is 18.1 Å². The first-order valence-electron chi connectivity index (χ1n) is 9.44. The maximum atomic E-state index is 12.4. The number of alkyl halides is 3. The Bertz CT molecular complexity index is 861. The number of hydrogen-bond donors (Lipinski definition) is 3. The standard InChI is InChI=1S/C21H23F3N2O4/c1-29-18-10-16(30-21(22,23)24)8-7-14(18)11-25-17-9-15(20(27)28)12-26-19(17)13-5-3-2-4-6-13/h2-8,10,15,17,19,25-26H,9,11-12H2,1H3,(H,27,28). The molecule has 2 aromatic carbocycles. The number of piperidine rings is 1. The van der Waals surface area contributed by atoms with Gasteiger partial charge in [0.2, 0.25) is 0 Å². The second-order valence-corrected chi connectivity index (χ2v) is 7.08. The van der Waals surface area contributed by atoms with E-state index in [0.29, 0.717) is 18.5 Å². The Hall–Kier alpha value is -2.78. The fourth-order valence-corrected chi connectivity index (χ4v) is 3.65. The molecule has 162 valence electrons. The largest absolute Gasteiger partial charge is 0.573 e. The minimum atomic E-state index is -4.78. The third-order valence-corrected chi connectivity index (χ3v) is 5.08. The molecular weight excluding hydrogens is 401 g/mol. The lowest BCUT2D eigenvalue weighted by Crippen LogP contribution is -2.50. The van der Waals surface area contributed by atoms with Gasteiger partial charge in [0.1, 0.15) is 11.5 Å². The highest BCUT2D eigenvalue weighted by Crippen LogP contribution is 2.31. The van der Waals surface area contributed by atoms with Crippen molar-refractivity contribution < 1.29 is 32.5 Å². The molecule has 1 aliphatic heterocycles. The summed E-state index contributed by atoms with van der Waals surface area (Å²) in [6, 6.07) is 13.3. The number of benzene rings is 2. The van der Waals surface area contributed by atoms with Crippen molar-refractivity contribution in [3.63, 3.8) is 0 Å². The lowest BCUT2D eigenvalue weighted by atomic mass is 9.86. The molecule has 3 rings (SSSR count). The number of hydrogen-bond acceptors (Lipinski definition) is 5. The maximum absolute atomic E-state index is 12.4. The van der Waals surface area contributed by atoms with Crippen molar-refractivity contribution in [3.05, 3.63) is 59.7 Å². The first-order chi connectivity index (χ1) is 14.3. The van der Waals surface area contributed by atoms with Gasteiger partial charge in [0.05, 0.1) is 13.0 Å². The average Bonchev–Trinajstić information content (AvgIpc) is 2.72. The predicted octanol–water partition coefficient (Wildman–Crippen LogP) is 3.49. The van der Waals surface area contributed by atoms with E-state index in [1.54, 1.807) is 0 Å². The normalized spacial score (nSPS) is 21.8. The van der Waals surface area contributed by atoms with Crippen LogP contribution in [0.5, 0.6) is 11.5 Å². The molecule has 1 fully saturated rings. The van der Waals surface area contributed by atoms with Gasteiger partial charge in [-0.25, -0.2) is 0 Å². The van der Waals surface area contributed by atoms with Gasteiger partial charge in [0, 0.05) is 36.8 Å². The van der Waals surface area contributed by atoms with Crippen LogP contribution in [0.4, 0.5) is 13.2 Å². The van der Waals surface area contributed by atoms with E-state index >= 15 is 0 Å². The molecule has 6 nitrogen and oxygen atoms in total. The molecule has 0 spiro atoms. The van der Waals surface area contributed by atoms with Crippen LogP contribution in [0.2, 0.25) is 0 Å². The summed E-state index contributed by atoms with van der Waals surface area (Å²) in [4.78, 5) is 11.5. The number of aliphatic carboxylic acids is 1. The Labute approximate surface area is 172 Å². The lowest BCUT2D eigenvalue weighted by Gasteiger charge is -2.36. The molecule has 30 heavy (non-hydrogen) atoms. The second kappa shape index (κ2) is 9.36. The number of carboxylic acid groups (broad SMARTS) is 1. The van der Waals surface area contributed by atoms with Gasteiger partial charge < -0.3 is 25.2 Å². The van der Waals surface area contributed by atoms with E-state index in [2.05, 4.69) is 15.4 Å². The van der Waals surface area contributed by atoms with Gasteiger partial charge >= 0.3 is 12.3 Å². The van der Waals surface area contributed by atoms with Crippen LogP contribution in [0, 0.1) is 5.92 Å². The summed E-state index contributed by atoms with van der Waals surface area (Å²) < 4.78 is 46.5. The highest BCUT2D eigenvalue weighted by Gasteiger charge is 2.34. The quantitative estimate of drug-likeness (QED) is 0.632. The van der Waals surface area contributed by atoms with Crippen molar-refractivity contribution in [1.29, 1.82) is 0 Å². The zero-order valence-electron chi connectivity index (χ0n) is 16.3. The topological polar surface area (TPSA) is 79.8 Å². The first-order valence-corrected chi connectivity index (χ1v) is 9.44.